The molecule has 2 heterocycles. The van der Waals surface area contributed by atoms with Gasteiger partial charge < -0.3 is 10.1 Å². The molecule has 1 aliphatic rings. The van der Waals surface area contributed by atoms with Crippen LogP contribution in [0.4, 0.5) is 0 Å². The molecule has 2 atom stereocenters. The average molecular weight is 289 g/mol. The number of rotatable bonds is 4. The van der Waals surface area contributed by atoms with Crippen LogP contribution in [0.2, 0.25) is 0 Å². The molecule has 4 nitrogen and oxygen atoms in total. The maximum absolute atomic E-state index is 5.92. The lowest BCUT2D eigenvalue weighted by Crippen LogP contribution is -2.37. The molecule has 20 heavy (non-hydrogen) atoms. The largest absolute Gasteiger partial charge is 0.374 e. The smallest absolute Gasteiger partial charge is 0.0875 e. The molecule has 1 aliphatic heterocycles. The Morgan fingerprint density at radius 1 is 1.35 bits per heavy atom. The van der Waals surface area contributed by atoms with Crippen molar-refractivity contribution in [3.05, 3.63) is 48.3 Å². The SMILES string of the molecule is CNC(c1ccnn1-c1ccccc1)C1CSCCO1. The minimum atomic E-state index is 0.158. The van der Waals surface area contributed by atoms with Crippen LogP contribution in [0.3, 0.4) is 0 Å². The summed E-state index contributed by atoms with van der Waals surface area (Å²) in [4.78, 5) is 0. The summed E-state index contributed by atoms with van der Waals surface area (Å²) in [6, 6.07) is 12.4. The highest BCUT2D eigenvalue weighted by Crippen LogP contribution is 2.26. The number of benzene rings is 1. The van der Waals surface area contributed by atoms with Crippen molar-refractivity contribution >= 4 is 11.8 Å². The zero-order valence-electron chi connectivity index (χ0n) is 11.5. The quantitative estimate of drug-likeness (QED) is 0.937. The highest BCUT2D eigenvalue weighted by Gasteiger charge is 2.27. The van der Waals surface area contributed by atoms with Crippen molar-refractivity contribution in [1.29, 1.82) is 0 Å². The van der Waals surface area contributed by atoms with Crippen LogP contribution < -0.4 is 5.32 Å². The molecule has 0 aliphatic carbocycles. The highest BCUT2D eigenvalue weighted by atomic mass is 32.2. The Labute approximate surface area is 123 Å². The average Bonchev–Trinajstić information content (AvgIpc) is 2.99. The molecule has 1 fully saturated rings. The van der Waals surface area contributed by atoms with Gasteiger partial charge in [0, 0.05) is 17.7 Å². The lowest BCUT2D eigenvalue weighted by atomic mass is 10.1. The van der Waals surface area contributed by atoms with Gasteiger partial charge in [-0.15, -0.1) is 0 Å². The van der Waals surface area contributed by atoms with E-state index in [1.165, 1.54) is 0 Å². The van der Waals surface area contributed by atoms with Gasteiger partial charge in [-0.3, -0.25) is 0 Å². The van der Waals surface area contributed by atoms with Gasteiger partial charge in [0.2, 0.25) is 0 Å². The number of aromatic nitrogens is 2. The standard InChI is InChI=1S/C15H19N3OS/c1-16-15(14-11-20-10-9-19-14)13-7-8-17-18(13)12-5-3-2-4-6-12/h2-8,14-16H,9-11H2,1H3. The number of para-hydroxylation sites is 1. The number of likely N-dealkylation sites (N-methyl/N-ethyl adjacent to an activating group) is 1. The summed E-state index contributed by atoms with van der Waals surface area (Å²) in [5.74, 6) is 2.11. The van der Waals surface area contributed by atoms with Gasteiger partial charge in [0.05, 0.1) is 30.1 Å². The first kappa shape index (κ1) is 13.7. The van der Waals surface area contributed by atoms with Crippen molar-refractivity contribution in [2.45, 2.75) is 12.1 Å². The topological polar surface area (TPSA) is 39.1 Å². The first-order chi connectivity index (χ1) is 9.90. The number of nitrogens with zero attached hydrogens (tertiary/aromatic N) is 2. The number of hydrogen-bond acceptors (Lipinski definition) is 4. The molecule has 1 N–H and O–H groups in total. The Kier molecular flexibility index (Phi) is 4.40. The first-order valence-electron chi connectivity index (χ1n) is 6.86. The first-order valence-corrected chi connectivity index (χ1v) is 8.01. The van der Waals surface area contributed by atoms with E-state index in [1.807, 2.05) is 47.9 Å². The van der Waals surface area contributed by atoms with Gasteiger partial charge in [-0.1, -0.05) is 18.2 Å². The molecule has 0 bridgehead atoms. The van der Waals surface area contributed by atoms with E-state index in [0.717, 1.165) is 29.5 Å². The van der Waals surface area contributed by atoms with Gasteiger partial charge in [-0.2, -0.15) is 16.9 Å². The van der Waals surface area contributed by atoms with Crippen LogP contribution in [0.5, 0.6) is 0 Å². The van der Waals surface area contributed by atoms with Gasteiger partial charge in [-0.05, 0) is 25.2 Å². The van der Waals surface area contributed by atoms with E-state index in [0.29, 0.717) is 0 Å². The zero-order chi connectivity index (χ0) is 13.8. The van der Waals surface area contributed by atoms with Crippen molar-refractivity contribution in [1.82, 2.24) is 15.1 Å². The number of ether oxygens (including phenoxy) is 1. The molecule has 3 rings (SSSR count). The molecule has 2 aromatic rings. The van der Waals surface area contributed by atoms with E-state index in [4.69, 9.17) is 4.74 Å². The predicted octanol–water partition coefficient (Wildman–Crippen LogP) is 2.26. The Morgan fingerprint density at radius 3 is 2.90 bits per heavy atom. The Balaban J connectivity index is 1.91. The molecule has 0 amide bonds. The van der Waals surface area contributed by atoms with Crippen LogP contribution in [-0.4, -0.2) is 41.0 Å². The monoisotopic (exact) mass is 289 g/mol. The minimum absolute atomic E-state index is 0.158. The summed E-state index contributed by atoms with van der Waals surface area (Å²) >= 11 is 1.95. The third-order valence-corrected chi connectivity index (χ3v) is 4.54. The van der Waals surface area contributed by atoms with Gasteiger partial charge in [0.25, 0.3) is 0 Å². The third-order valence-electron chi connectivity index (χ3n) is 3.52. The van der Waals surface area contributed by atoms with E-state index in [2.05, 4.69) is 28.6 Å². The summed E-state index contributed by atoms with van der Waals surface area (Å²) in [6.07, 6.45) is 2.04. The molecule has 1 aromatic heterocycles. The Hall–Kier alpha value is -1.30. The zero-order valence-corrected chi connectivity index (χ0v) is 12.3. The van der Waals surface area contributed by atoms with Crippen molar-refractivity contribution in [2.75, 3.05) is 25.2 Å². The number of nitrogens with one attached hydrogen (secondary N) is 1. The van der Waals surface area contributed by atoms with Crippen LogP contribution in [0.15, 0.2) is 42.6 Å². The van der Waals surface area contributed by atoms with Crippen LogP contribution in [0, 0.1) is 0 Å². The maximum atomic E-state index is 5.92. The van der Waals surface area contributed by atoms with E-state index >= 15 is 0 Å². The van der Waals surface area contributed by atoms with Crippen LogP contribution in [0.1, 0.15) is 11.7 Å². The summed E-state index contributed by atoms with van der Waals surface area (Å²) in [7, 11) is 1.98. The Bertz CT molecular complexity index is 537. The normalized spacial score (nSPS) is 20.8. The molecular formula is C15H19N3OS. The molecule has 106 valence electrons. The van der Waals surface area contributed by atoms with Crippen molar-refractivity contribution in [3.63, 3.8) is 0 Å². The van der Waals surface area contributed by atoms with E-state index in [9.17, 15) is 0 Å². The van der Waals surface area contributed by atoms with Gasteiger partial charge >= 0.3 is 0 Å². The van der Waals surface area contributed by atoms with Gasteiger partial charge in [-0.25, -0.2) is 4.68 Å². The summed E-state index contributed by atoms with van der Waals surface area (Å²) in [5, 5.41) is 7.85. The fraction of sp³-hybridized carbons (Fsp3) is 0.400. The molecule has 0 radical (unpaired) electrons. The number of hydrogen-bond donors (Lipinski definition) is 1. The lowest BCUT2D eigenvalue weighted by molar-refractivity contribution is 0.0471. The van der Waals surface area contributed by atoms with Crippen molar-refractivity contribution in [2.24, 2.45) is 0 Å². The second kappa shape index (κ2) is 6.43. The maximum Gasteiger partial charge on any atom is 0.0875 e. The second-order valence-corrected chi connectivity index (χ2v) is 5.90. The fourth-order valence-corrected chi connectivity index (χ4v) is 3.46. The van der Waals surface area contributed by atoms with Crippen molar-refractivity contribution in [3.8, 4) is 5.69 Å². The van der Waals surface area contributed by atoms with Gasteiger partial charge in [0.15, 0.2) is 0 Å². The van der Waals surface area contributed by atoms with E-state index in [1.54, 1.807) is 0 Å². The minimum Gasteiger partial charge on any atom is -0.374 e. The number of thioether (sulfide) groups is 1. The molecule has 2 unspecified atom stereocenters. The summed E-state index contributed by atoms with van der Waals surface area (Å²) < 4.78 is 7.91. The van der Waals surface area contributed by atoms with E-state index in [-0.39, 0.29) is 12.1 Å². The van der Waals surface area contributed by atoms with Crippen LogP contribution >= 0.6 is 11.8 Å². The summed E-state index contributed by atoms with van der Waals surface area (Å²) in [6.45, 7) is 0.826. The van der Waals surface area contributed by atoms with Crippen LogP contribution in [0.25, 0.3) is 5.69 Å². The highest BCUT2D eigenvalue weighted by molar-refractivity contribution is 7.99. The van der Waals surface area contributed by atoms with Gasteiger partial charge in [0.1, 0.15) is 0 Å². The molecule has 0 saturated carbocycles. The molecule has 5 heteroatoms. The lowest BCUT2D eigenvalue weighted by Gasteiger charge is -2.30. The molecular weight excluding hydrogens is 270 g/mol. The second-order valence-electron chi connectivity index (χ2n) is 4.75. The third kappa shape index (κ3) is 2.75. The van der Waals surface area contributed by atoms with E-state index < -0.39 is 0 Å². The Morgan fingerprint density at radius 2 is 2.20 bits per heavy atom. The molecule has 1 aromatic carbocycles. The molecule has 1 saturated heterocycles. The molecule has 0 spiro atoms. The summed E-state index contributed by atoms with van der Waals surface area (Å²) in [5.41, 5.74) is 2.22. The van der Waals surface area contributed by atoms with Crippen molar-refractivity contribution < 1.29 is 4.74 Å². The fourth-order valence-electron chi connectivity index (χ4n) is 2.56. The van der Waals surface area contributed by atoms with Crippen LogP contribution in [-0.2, 0) is 4.74 Å². The predicted molar refractivity (Wildman–Crippen MR) is 82.4 cm³/mol.